The topological polar surface area (TPSA) is 118 Å². The number of amides is 1. The number of nitrogens with one attached hydrogen (secondary N) is 1. The van der Waals surface area contributed by atoms with Gasteiger partial charge in [0.15, 0.2) is 5.56 Å². The van der Waals surface area contributed by atoms with Crippen LogP contribution in [0.2, 0.25) is 0 Å². The van der Waals surface area contributed by atoms with E-state index >= 15 is 0 Å². The number of carboxylic acids is 1. The number of hydrogen-bond acceptors (Lipinski definition) is 5. The number of aliphatic carboxylic acids is 1. The Hall–Kier alpha value is -3.03. The van der Waals surface area contributed by atoms with Crippen molar-refractivity contribution in [3.63, 3.8) is 0 Å². The van der Waals surface area contributed by atoms with Crippen LogP contribution in [0, 0.1) is 0 Å². The molecule has 2 aromatic rings. The van der Waals surface area contributed by atoms with Crippen LogP contribution in [-0.4, -0.2) is 40.0 Å². The van der Waals surface area contributed by atoms with Crippen LogP contribution >= 0.6 is 0 Å². The molecule has 3 N–H and O–H groups in total. The normalized spacial score (nSPS) is 10.4. The van der Waals surface area contributed by atoms with Crippen molar-refractivity contribution in [2.24, 2.45) is 0 Å². The van der Waals surface area contributed by atoms with Crippen LogP contribution in [0.25, 0.3) is 10.9 Å². The van der Waals surface area contributed by atoms with Crippen molar-refractivity contribution in [1.82, 2.24) is 10.0 Å². The Morgan fingerprint density at radius 2 is 2.00 bits per heavy atom. The third-order valence-corrected chi connectivity index (χ3v) is 2.90. The van der Waals surface area contributed by atoms with Gasteiger partial charge in [0.1, 0.15) is 18.9 Å². The second kappa shape index (κ2) is 6.17. The predicted octanol–water partition coefficient (Wildman–Crippen LogP) is -0.0300. The monoisotopic (exact) mass is 306 g/mol. The zero-order chi connectivity index (χ0) is 16.3. The van der Waals surface area contributed by atoms with Crippen molar-refractivity contribution < 1.29 is 24.6 Å². The number of benzene rings is 1. The molecule has 8 nitrogen and oxygen atoms in total. The van der Waals surface area contributed by atoms with Crippen LogP contribution in [0.4, 0.5) is 0 Å². The summed E-state index contributed by atoms with van der Waals surface area (Å²) >= 11 is 0. The fourth-order valence-electron chi connectivity index (χ4n) is 2.00. The molecule has 0 aliphatic rings. The lowest BCUT2D eigenvalue weighted by molar-refractivity contribution is -0.135. The Labute approximate surface area is 124 Å². The molecule has 0 aliphatic heterocycles. The standard InChI is InChI=1S/C14H14N2O6/c1-2-22-16-9-6-4-3-5-8(9)12(19)11(14(16)21)13(20)15-7-10(17)18/h3-6,19H,2,7H2,1H3,(H,15,20)(H,17,18). The molecule has 0 bridgehead atoms. The van der Waals surface area contributed by atoms with E-state index < -0.39 is 35.3 Å². The molecule has 116 valence electrons. The van der Waals surface area contributed by atoms with Crippen molar-refractivity contribution in [3.05, 3.63) is 40.2 Å². The zero-order valence-corrected chi connectivity index (χ0v) is 11.7. The van der Waals surface area contributed by atoms with E-state index in [9.17, 15) is 19.5 Å². The molecule has 0 saturated heterocycles. The van der Waals surface area contributed by atoms with Crippen LogP contribution in [0.15, 0.2) is 29.1 Å². The highest BCUT2D eigenvalue weighted by atomic mass is 16.7. The van der Waals surface area contributed by atoms with Crippen LogP contribution in [0.1, 0.15) is 17.3 Å². The lowest BCUT2D eigenvalue weighted by Gasteiger charge is -2.14. The fourth-order valence-corrected chi connectivity index (χ4v) is 2.00. The summed E-state index contributed by atoms with van der Waals surface area (Å²) in [6, 6.07) is 6.36. The molecule has 0 atom stereocenters. The first kappa shape index (κ1) is 15.4. The molecule has 0 spiro atoms. The molecule has 1 aromatic carbocycles. The van der Waals surface area contributed by atoms with Crippen molar-refractivity contribution in [1.29, 1.82) is 0 Å². The van der Waals surface area contributed by atoms with Crippen LogP contribution in [-0.2, 0) is 4.79 Å². The predicted molar refractivity (Wildman–Crippen MR) is 77.0 cm³/mol. The van der Waals surface area contributed by atoms with Gasteiger partial charge in [-0.05, 0) is 19.1 Å². The van der Waals surface area contributed by atoms with Gasteiger partial charge in [-0.25, -0.2) is 0 Å². The molecule has 22 heavy (non-hydrogen) atoms. The number of para-hydroxylation sites is 1. The summed E-state index contributed by atoms with van der Waals surface area (Å²) in [4.78, 5) is 40.1. The second-order valence-electron chi connectivity index (χ2n) is 4.33. The number of carbonyl (C=O) groups is 2. The molecule has 1 aromatic heterocycles. The minimum Gasteiger partial charge on any atom is -0.506 e. The minimum absolute atomic E-state index is 0.171. The Bertz CT molecular complexity index is 796. The van der Waals surface area contributed by atoms with Crippen molar-refractivity contribution >= 4 is 22.8 Å². The van der Waals surface area contributed by atoms with Crippen molar-refractivity contribution in [3.8, 4) is 5.75 Å². The maximum Gasteiger partial charge on any atom is 0.322 e. The summed E-state index contributed by atoms with van der Waals surface area (Å²) in [6.45, 7) is 1.17. The highest BCUT2D eigenvalue weighted by Crippen LogP contribution is 2.25. The van der Waals surface area contributed by atoms with Crippen LogP contribution in [0.3, 0.4) is 0 Å². The van der Waals surface area contributed by atoms with Gasteiger partial charge in [-0.2, -0.15) is 0 Å². The summed E-state index contributed by atoms with van der Waals surface area (Å²) in [5.41, 5.74) is -1.11. The number of hydrogen-bond donors (Lipinski definition) is 3. The van der Waals surface area contributed by atoms with Crippen molar-refractivity contribution in [2.75, 3.05) is 13.2 Å². The Morgan fingerprint density at radius 3 is 2.64 bits per heavy atom. The summed E-state index contributed by atoms with van der Waals surface area (Å²) < 4.78 is 0.907. The quantitative estimate of drug-likeness (QED) is 0.714. The van der Waals surface area contributed by atoms with Gasteiger partial charge in [0, 0.05) is 5.39 Å². The van der Waals surface area contributed by atoms with Gasteiger partial charge in [-0.15, -0.1) is 4.73 Å². The van der Waals surface area contributed by atoms with E-state index in [0.29, 0.717) is 5.52 Å². The number of aromatic hydroxyl groups is 1. The van der Waals surface area contributed by atoms with Gasteiger partial charge >= 0.3 is 5.97 Å². The summed E-state index contributed by atoms with van der Waals surface area (Å²) in [7, 11) is 0. The number of rotatable bonds is 5. The number of fused-ring (bicyclic) bond motifs is 1. The van der Waals surface area contributed by atoms with Crippen LogP contribution < -0.4 is 15.7 Å². The minimum atomic E-state index is -1.27. The Kier molecular flexibility index (Phi) is 4.31. The van der Waals surface area contributed by atoms with E-state index in [1.807, 2.05) is 5.32 Å². The van der Waals surface area contributed by atoms with E-state index in [1.54, 1.807) is 25.1 Å². The number of pyridine rings is 1. The molecular weight excluding hydrogens is 292 g/mol. The molecular formula is C14H14N2O6. The molecule has 0 radical (unpaired) electrons. The molecule has 2 rings (SSSR count). The van der Waals surface area contributed by atoms with E-state index in [4.69, 9.17) is 9.94 Å². The Balaban J connectivity index is 2.66. The van der Waals surface area contributed by atoms with Gasteiger partial charge < -0.3 is 20.4 Å². The highest BCUT2D eigenvalue weighted by molar-refractivity contribution is 6.02. The highest BCUT2D eigenvalue weighted by Gasteiger charge is 2.23. The van der Waals surface area contributed by atoms with E-state index in [0.717, 1.165) is 4.73 Å². The van der Waals surface area contributed by atoms with Gasteiger partial charge in [0.2, 0.25) is 0 Å². The average molecular weight is 306 g/mol. The first-order valence-electron chi connectivity index (χ1n) is 6.47. The molecule has 0 fully saturated rings. The largest absolute Gasteiger partial charge is 0.506 e. The number of aromatic nitrogens is 1. The lowest BCUT2D eigenvalue weighted by Crippen LogP contribution is -2.37. The van der Waals surface area contributed by atoms with E-state index in [1.165, 1.54) is 6.07 Å². The number of carboxylic acid groups (broad SMARTS) is 1. The fraction of sp³-hybridized carbons (Fsp3) is 0.214. The summed E-state index contributed by atoms with van der Waals surface area (Å²) in [5.74, 6) is -2.76. The maximum absolute atomic E-state index is 12.3. The van der Waals surface area contributed by atoms with Gasteiger partial charge in [-0.3, -0.25) is 14.4 Å². The number of nitrogens with zero attached hydrogens (tertiary/aromatic N) is 1. The Morgan fingerprint density at radius 1 is 1.32 bits per heavy atom. The van der Waals surface area contributed by atoms with E-state index in [2.05, 4.69) is 0 Å². The summed E-state index contributed by atoms with van der Waals surface area (Å²) in [5, 5.41) is 21.0. The molecule has 0 saturated carbocycles. The lowest BCUT2D eigenvalue weighted by atomic mass is 10.1. The maximum atomic E-state index is 12.3. The molecule has 8 heteroatoms. The molecule has 0 aliphatic carbocycles. The molecule has 0 unspecified atom stereocenters. The van der Waals surface area contributed by atoms with Gasteiger partial charge in [0.25, 0.3) is 11.5 Å². The molecule has 1 amide bonds. The first-order chi connectivity index (χ1) is 10.5. The molecule has 1 heterocycles. The van der Waals surface area contributed by atoms with Gasteiger partial charge in [-0.1, -0.05) is 12.1 Å². The van der Waals surface area contributed by atoms with Crippen LogP contribution in [0.5, 0.6) is 5.75 Å². The third kappa shape index (κ3) is 2.71. The summed E-state index contributed by atoms with van der Waals surface area (Å²) in [6.07, 6.45) is 0. The zero-order valence-electron chi connectivity index (χ0n) is 11.7. The smallest absolute Gasteiger partial charge is 0.322 e. The third-order valence-electron chi connectivity index (χ3n) is 2.90. The van der Waals surface area contributed by atoms with Gasteiger partial charge in [0.05, 0.1) is 5.52 Å². The second-order valence-corrected chi connectivity index (χ2v) is 4.33. The SMILES string of the molecule is CCOn1c(=O)c(C(=O)NCC(=O)O)c(O)c2ccccc21. The van der Waals surface area contributed by atoms with Crippen molar-refractivity contribution in [2.45, 2.75) is 6.92 Å². The van der Waals surface area contributed by atoms with E-state index in [-0.39, 0.29) is 12.0 Å². The average Bonchev–Trinajstić information content (AvgIpc) is 2.49. The first-order valence-corrected chi connectivity index (χ1v) is 6.47. The number of carbonyl (C=O) groups excluding carboxylic acids is 1.